The maximum Gasteiger partial charge on any atom is 0.229 e. The topological polar surface area (TPSA) is 74.4 Å². The van der Waals surface area contributed by atoms with Crippen LogP contribution in [-0.2, 0) is 9.53 Å². The number of fused-ring (bicyclic) bond motifs is 1. The van der Waals surface area contributed by atoms with E-state index in [2.05, 4.69) is 49.0 Å². The molecule has 2 saturated heterocycles. The predicted octanol–water partition coefficient (Wildman–Crippen LogP) is 3.66. The smallest absolute Gasteiger partial charge is 0.229 e. The van der Waals surface area contributed by atoms with Crippen molar-refractivity contribution in [3.63, 3.8) is 0 Å². The fraction of sp³-hybridized carbons (Fsp3) is 0.920. The van der Waals surface area contributed by atoms with Gasteiger partial charge in [-0.05, 0) is 93.8 Å². The van der Waals surface area contributed by atoms with Crippen molar-refractivity contribution in [2.24, 2.45) is 29.1 Å². The van der Waals surface area contributed by atoms with Crippen LogP contribution in [0.15, 0.2) is 0 Å². The number of thiocarbonyl (C=S) groups is 1. The van der Waals surface area contributed by atoms with E-state index >= 15 is 0 Å². The van der Waals surface area contributed by atoms with Gasteiger partial charge < -0.3 is 15.4 Å². The Morgan fingerprint density at radius 2 is 1.81 bits per heavy atom. The van der Waals surface area contributed by atoms with Crippen LogP contribution in [0.4, 0.5) is 0 Å². The van der Waals surface area contributed by atoms with Crippen molar-refractivity contribution < 1.29 is 9.53 Å². The van der Waals surface area contributed by atoms with Gasteiger partial charge >= 0.3 is 0 Å². The highest BCUT2D eigenvalue weighted by Gasteiger charge is 2.42. The van der Waals surface area contributed by atoms with Crippen LogP contribution in [0.2, 0.25) is 0 Å². The highest BCUT2D eigenvalue weighted by atomic mass is 32.1. The van der Waals surface area contributed by atoms with E-state index < -0.39 is 0 Å². The molecule has 2 saturated carbocycles. The summed E-state index contributed by atoms with van der Waals surface area (Å²) in [6.45, 7) is 10.3. The van der Waals surface area contributed by atoms with Gasteiger partial charge in [0.05, 0.1) is 12.3 Å². The molecule has 7 heteroatoms. The molecule has 0 bridgehead atoms. The molecular formula is C25H44N4O2S. The zero-order valence-electron chi connectivity index (χ0n) is 20.4. The van der Waals surface area contributed by atoms with Crippen LogP contribution in [0.5, 0.6) is 0 Å². The van der Waals surface area contributed by atoms with Gasteiger partial charge in [0.1, 0.15) is 6.23 Å². The average molecular weight is 465 g/mol. The lowest BCUT2D eigenvalue weighted by Gasteiger charge is -2.38. The molecule has 4 N–H and O–H groups in total. The average Bonchev–Trinajstić information content (AvgIpc) is 3.19. The van der Waals surface area contributed by atoms with Gasteiger partial charge in [-0.15, -0.1) is 0 Å². The number of carbonyl (C=O) groups excluding carboxylic acids is 1. The summed E-state index contributed by atoms with van der Waals surface area (Å²) in [5.74, 6) is 1.91. The molecule has 4 fully saturated rings. The number of ether oxygens (including phenoxy) is 1. The highest BCUT2D eigenvalue weighted by Crippen LogP contribution is 2.40. The minimum atomic E-state index is 0.0943. The van der Waals surface area contributed by atoms with E-state index in [4.69, 9.17) is 17.0 Å². The molecule has 1 amide bonds. The maximum absolute atomic E-state index is 12.8. The molecular weight excluding hydrogens is 420 g/mol. The Balaban J connectivity index is 1.24. The van der Waals surface area contributed by atoms with E-state index in [1.165, 1.54) is 12.8 Å². The zero-order chi connectivity index (χ0) is 22.9. The first-order chi connectivity index (χ1) is 15.2. The third kappa shape index (κ3) is 5.83. The van der Waals surface area contributed by atoms with E-state index in [9.17, 15) is 4.79 Å². The van der Waals surface area contributed by atoms with Gasteiger partial charge in [-0.25, -0.2) is 0 Å². The fourth-order valence-electron chi connectivity index (χ4n) is 6.29. The van der Waals surface area contributed by atoms with Crippen LogP contribution in [0, 0.1) is 29.1 Å². The Labute approximate surface area is 199 Å². The quantitative estimate of drug-likeness (QED) is 0.478. The highest BCUT2D eigenvalue weighted by molar-refractivity contribution is 7.80. The molecule has 2 aliphatic heterocycles. The Hall–Kier alpha value is -0.760. The zero-order valence-corrected chi connectivity index (χ0v) is 21.2. The van der Waals surface area contributed by atoms with E-state index in [-0.39, 0.29) is 24.1 Å². The van der Waals surface area contributed by atoms with Crippen molar-refractivity contribution >= 4 is 23.2 Å². The van der Waals surface area contributed by atoms with Crippen LogP contribution >= 0.6 is 12.2 Å². The first-order valence-electron chi connectivity index (χ1n) is 13.0. The first kappa shape index (κ1) is 24.4. The molecule has 0 spiro atoms. The summed E-state index contributed by atoms with van der Waals surface area (Å²) in [4.78, 5) is 12.8. The molecule has 0 aromatic carbocycles. The lowest BCUT2D eigenvalue weighted by molar-refractivity contribution is -0.125. The molecule has 6 unspecified atom stereocenters. The molecule has 2 heterocycles. The molecule has 4 rings (SSSR count). The third-order valence-electron chi connectivity index (χ3n) is 8.61. The number of hydrogen-bond donors (Lipinski definition) is 4. The minimum Gasteiger partial charge on any atom is -0.359 e. The Morgan fingerprint density at radius 1 is 1.06 bits per heavy atom. The molecule has 2 aliphatic carbocycles. The van der Waals surface area contributed by atoms with Gasteiger partial charge in [0, 0.05) is 17.9 Å². The predicted molar refractivity (Wildman–Crippen MR) is 132 cm³/mol. The second-order valence-corrected chi connectivity index (χ2v) is 12.3. The second kappa shape index (κ2) is 10.2. The lowest BCUT2D eigenvalue weighted by Crippen LogP contribution is -2.53. The van der Waals surface area contributed by atoms with Crippen LogP contribution < -0.4 is 21.3 Å². The summed E-state index contributed by atoms with van der Waals surface area (Å²) in [5, 5.41) is 14.2. The summed E-state index contributed by atoms with van der Waals surface area (Å²) in [6, 6.07) is 0.277. The summed E-state index contributed by atoms with van der Waals surface area (Å²) >= 11 is 5.57. The summed E-state index contributed by atoms with van der Waals surface area (Å²) < 4.78 is 6.37. The van der Waals surface area contributed by atoms with Crippen LogP contribution in [0.25, 0.3) is 0 Å². The van der Waals surface area contributed by atoms with Crippen molar-refractivity contribution in [1.82, 2.24) is 21.3 Å². The standard InChI is InChI=1S/C25H44N4O2S/c1-15-7-8-17(23-28-21-20(31-23)6-5-13-26-21)14-19(15)27-24(32)29-22(30)16-9-11-18(12-10-16)25(2,3)4/h15-21,23,26,28H,5-14H2,1-4H3,(H2,27,29,30,32). The van der Waals surface area contributed by atoms with Crippen molar-refractivity contribution in [1.29, 1.82) is 0 Å². The van der Waals surface area contributed by atoms with Crippen molar-refractivity contribution in [3.05, 3.63) is 0 Å². The Bertz CT molecular complexity index is 659. The molecule has 182 valence electrons. The largest absolute Gasteiger partial charge is 0.359 e. The van der Waals surface area contributed by atoms with E-state index in [1.807, 2.05) is 0 Å². The number of hydrogen-bond acceptors (Lipinski definition) is 5. The Morgan fingerprint density at radius 3 is 2.50 bits per heavy atom. The number of carbonyl (C=O) groups is 1. The van der Waals surface area contributed by atoms with Gasteiger partial charge in [0.15, 0.2) is 5.11 Å². The normalized spacial score (nSPS) is 40.4. The summed E-state index contributed by atoms with van der Waals surface area (Å²) in [6.07, 6.45) is 10.6. The van der Waals surface area contributed by atoms with Crippen molar-refractivity contribution in [2.75, 3.05) is 6.54 Å². The lowest BCUT2D eigenvalue weighted by atomic mass is 9.70. The van der Waals surface area contributed by atoms with Gasteiger partial charge in [0.2, 0.25) is 5.91 Å². The van der Waals surface area contributed by atoms with E-state index in [0.29, 0.717) is 40.6 Å². The van der Waals surface area contributed by atoms with Crippen molar-refractivity contribution in [2.45, 2.75) is 110 Å². The fourth-order valence-corrected chi connectivity index (χ4v) is 6.55. The minimum absolute atomic E-state index is 0.0943. The number of piperidine rings is 1. The molecule has 4 aliphatic rings. The van der Waals surface area contributed by atoms with Gasteiger partial charge in [-0.2, -0.15) is 0 Å². The Kier molecular flexibility index (Phi) is 7.80. The van der Waals surface area contributed by atoms with E-state index in [0.717, 1.165) is 51.5 Å². The number of rotatable bonds is 3. The SMILES string of the molecule is CC1CCC(C2NC3NCCCC3O2)CC1NC(=S)NC(=O)C1CCC(C(C)(C)C)CC1. The number of nitrogens with one attached hydrogen (secondary N) is 4. The molecule has 0 aromatic rings. The third-order valence-corrected chi connectivity index (χ3v) is 8.83. The van der Waals surface area contributed by atoms with Gasteiger partial charge in [-0.3, -0.25) is 15.4 Å². The van der Waals surface area contributed by atoms with Crippen molar-refractivity contribution in [3.8, 4) is 0 Å². The molecule has 32 heavy (non-hydrogen) atoms. The van der Waals surface area contributed by atoms with Gasteiger partial charge in [-0.1, -0.05) is 27.7 Å². The van der Waals surface area contributed by atoms with Crippen LogP contribution in [0.3, 0.4) is 0 Å². The van der Waals surface area contributed by atoms with E-state index in [1.54, 1.807) is 0 Å². The molecule has 6 atom stereocenters. The van der Waals surface area contributed by atoms with Crippen LogP contribution in [-0.4, -0.2) is 42.1 Å². The summed E-state index contributed by atoms with van der Waals surface area (Å²) in [5.41, 5.74) is 0.331. The first-order valence-corrected chi connectivity index (χ1v) is 13.4. The number of amides is 1. The molecule has 0 radical (unpaired) electrons. The monoisotopic (exact) mass is 464 g/mol. The molecule has 6 nitrogen and oxygen atoms in total. The van der Waals surface area contributed by atoms with Gasteiger partial charge in [0.25, 0.3) is 0 Å². The maximum atomic E-state index is 12.8. The molecule has 0 aromatic heterocycles. The summed E-state index contributed by atoms with van der Waals surface area (Å²) in [7, 11) is 0. The van der Waals surface area contributed by atoms with Crippen LogP contribution in [0.1, 0.15) is 85.5 Å². The second-order valence-electron chi connectivity index (χ2n) is 11.9.